The van der Waals surface area contributed by atoms with Crippen molar-refractivity contribution in [2.24, 2.45) is 0 Å². The molecule has 0 aliphatic carbocycles. The molecule has 1 aliphatic rings. The van der Waals surface area contributed by atoms with E-state index in [9.17, 15) is 14.0 Å². The van der Waals surface area contributed by atoms with Gasteiger partial charge in [0, 0.05) is 18.7 Å². The number of halogens is 1. The van der Waals surface area contributed by atoms with Gasteiger partial charge >= 0.3 is 5.97 Å². The van der Waals surface area contributed by atoms with E-state index in [0.29, 0.717) is 12.8 Å². The lowest BCUT2D eigenvalue weighted by Crippen LogP contribution is -2.21. The summed E-state index contributed by atoms with van der Waals surface area (Å²) in [4.78, 5) is 22.5. The van der Waals surface area contributed by atoms with Gasteiger partial charge in [-0.05, 0) is 43.9 Å². The number of hydrogen-bond donors (Lipinski definition) is 2. The number of ether oxygens (including phenoxy) is 1. The smallest absolute Gasteiger partial charge is 0.338 e. The zero-order chi connectivity index (χ0) is 15.2. The summed E-state index contributed by atoms with van der Waals surface area (Å²) in [5.41, 5.74) is -0.157. The second kappa shape index (κ2) is 7.17. The number of carboxylic acids is 1. The molecule has 1 aliphatic heterocycles. The van der Waals surface area contributed by atoms with Crippen molar-refractivity contribution in [1.29, 1.82) is 0 Å². The highest BCUT2D eigenvalue weighted by atomic mass is 19.1. The van der Waals surface area contributed by atoms with E-state index in [1.54, 1.807) is 0 Å². The summed E-state index contributed by atoms with van der Waals surface area (Å²) in [5, 5.41) is 11.3. The van der Waals surface area contributed by atoms with E-state index < -0.39 is 17.3 Å². The Hall–Kier alpha value is -1.95. The maximum atomic E-state index is 13.5. The van der Waals surface area contributed by atoms with E-state index in [-0.39, 0.29) is 17.7 Å². The van der Waals surface area contributed by atoms with Crippen molar-refractivity contribution in [2.45, 2.75) is 38.2 Å². The van der Waals surface area contributed by atoms with Crippen molar-refractivity contribution in [3.8, 4) is 0 Å². The van der Waals surface area contributed by atoms with E-state index in [1.807, 2.05) is 0 Å². The Balaban J connectivity index is 1.84. The zero-order valence-corrected chi connectivity index (χ0v) is 11.6. The van der Waals surface area contributed by atoms with Gasteiger partial charge < -0.3 is 15.2 Å². The van der Waals surface area contributed by atoms with Crippen LogP contribution in [0.2, 0.25) is 0 Å². The average Bonchev–Trinajstić information content (AvgIpc) is 2.46. The van der Waals surface area contributed by atoms with Crippen LogP contribution >= 0.6 is 0 Å². The molecule has 2 rings (SSSR count). The fourth-order valence-corrected chi connectivity index (χ4v) is 2.32. The van der Waals surface area contributed by atoms with E-state index in [4.69, 9.17) is 9.84 Å². The van der Waals surface area contributed by atoms with Crippen LogP contribution in [-0.2, 0) is 9.53 Å². The average molecular weight is 295 g/mol. The van der Waals surface area contributed by atoms with Gasteiger partial charge in [0.2, 0.25) is 5.91 Å². The van der Waals surface area contributed by atoms with Gasteiger partial charge in [-0.3, -0.25) is 4.79 Å². The molecule has 1 atom stereocenters. The normalized spacial score (nSPS) is 18.2. The summed E-state index contributed by atoms with van der Waals surface area (Å²) in [6.07, 6.45) is 4.21. The van der Waals surface area contributed by atoms with Gasteiger partial charge in [-0.1, -0.05) is 0 Å². The molecule has 2 N–H and O–H groups in total. The number of aromatic carboxylic acids is 1. The van der Waals surface area contributed by atoms with Crippen LogP contribution in [0.25, 0.3) is 0 Å². The van der Waals surface area contributed by atoms with Crippen LogP contribution in [0.15, 0.2) is 18.2 Å². The summed E-state index contributed by atoms with van der Waals surface area (Å²) in [5.74, 6) is -2.43. The molecule has 1 heterocycles. The predicted octanol–water partition coefficient (Wildman–Crippen LogP) is 2.81. The quantitative estimate of drug-likeness (QED) is 0.876. The first-order chi connectivity index (χ1) is 10.1. The monoisotopic (exact) mass is 295 g/mol. The van der Waals surface area contributed by atoms with Crippen LogP contribution in [0.5, 0.6) is 0 Å². The third-order valence-corrected chi connectivity index (χ3v) is 3.45. The molecule has 21 heavy (non-hydrogen) atoms. The number of carbonyl (C=O) groups excluding carboxylic acids is 1. The Morgan fingerprint density at radius 3 is 2.81 bits per heavy atom. The first-order valence-electron chi connectivity index (χ1n) is 7.00. The van der Waals surface area contributed by atoms with E-state index in [1.165, 1.54) is 6.07 Å². The number of carbonyl (C=O) groups is 2. The fourth-order valence-electron chi connectivity index (χ4n) is 2.32. The summed E-state index contributed by atoms with van der Waals surface area (Å²) in [6, 6.07) is 3.53. The van der Waals surface area contributed by atoms with Crippen LogP contribution in [0.1, 0.15) is 42.5 Å². The molecule has 0 spiro atoms. The standard InChI is InChI=1S/C15H18FNO4/c16-13-9-10(4-6-12(13)15(19)20)17-14(18)7-5-11-3-1-2-8-21-11/h4,6,9,11H,1-3,5,7-8H2,(H,17,18)(H,19,20). The molecule has 0 saturated carbocycles. The SMILES string of the molecule is O=C(CCC1CCCCO1)Nc1ccc(C(=O)O)c(F)c1. The molecule has 1 amide bonds. The first kappa shape index (κ1) is 15.4. The maximum absolute atomic E-state index is 13.5. The van der Waals surface area contributed by atoms with E-state index in [0.717, 1.165) is 38.0 Å². The van der Waals surface area contributed by atoms with E-state index in [2.05, 4.69) is 5.32 Å². The van der Waals surface area contributed by atoms with Gasteiger partial charge in [0.1, 0.15) is 5.82 Å². The number of amides is 1. The lowest BCUT2D eigenvalue weighted by Gasteiger charge is -2.22. The molecule has 5 nitrogen and oxygen atoms in total. The molecule has 0 aromatic heterocycles. The molecule has 1 unspecified atom stereocenters. The third-order valence-electron chi connectivity index (χ3n) is 3.45. The van der Waals surface area contributed by atoms with Crippen LogP contribution < -0.4 is 5.32 Å². The second-order valence-corrected chi connectivity index (χ2v) is 5.08. The highest BCUT2D eigenvalue weighted by molar-refractivity contribution is 5.92. The van der Waals surface area contributed by atoms with Gasteiger partial charge in [-0.25, -0.2) is 9.18 Å². The van der Waals surface area contributed by atoms with Crippen molar-refractivity contribution in [3.05, 3.63) is 29.6 Å². The molecule has 114 valence electrons. The summed E-state index contributed by atoms with van der Waals surface area (Å²) in [6.45, 7) is 0.744. The number of hydrogen-bond acceptors (Lipinski definition) is 3. The van der Waals surface area contributed by atoms with Crippen LogP contribution in [0.4, 0.5) is 10.1 Å². The van der Waals surface area contributed by atoms with Crippen LogP contribution in [0, 0.1) is 5.82 Å². The Morgan fingerprint density at radius 1 is 1.38 bits per heavy atom. The van der Waals surface area contributed by atoms with Gasteiger partial charge in [-0.15, -0.1) is 0 Å². The van der Waals surface area contributed by atoms with Gasteiger partial charge in [0.15, 0.2) is 0 Å². The lowest BCUT2D eigenvalue weighted by molar-refractivity contribution is -0.117. The molecule has 1 aromatic carbocycles. The molecular formula is C15H18FNO4. The van der Waals surface area contributed by atoms with Crippen molar-refractivity contribution in [1.82, 2.24) is 0 Å². The Bertz CT molecular complexity index is 526. The fraction of sp³-hybridized carbons (Fsp3) is 0.467. The Labute approximate surface area is 122 Å². The first-order valence-corrected chi connectivity index (χ1v) is 7.00. The molecule has 1 aromatic rings. The molecule has 1 fully saturated rings. The topological polar surface area (TPSA) is 75.6 Å². The Kier molecular flexibility index (Phi) is 5.27. The molecule has 0 bridgehead atoms. The second-order valence-electron chi connectivity index (χ2n) is 5.08. The summed E-state index contributed by atoms with van der Waals surface area (Å²) >= 11 is 0. The molecule has 1 saturated heterocycles. The summed E-state index contributed by atoms with van der Waals surface area (Å²) in [7, 11) is 0. The van der Waals surface area contributed by atoms with Gasteiger partial charge in [0.25, 0.3) is 0 Å². The van der Waals surface area contributed by atoms with Gasteiger partial charge in [0.05, 0.1) is 11.7 Å². The highest BCUT2D eigenvalue weighted by Gasteiger charge is 2.16. The maximum Gasteiger partial charge on any atom is 0.338 e. The predicted molar refractivity (Wildman–Crippen MR) is 74.8 cm³/mol. The van der Waals surface area contributed by atoms with Gasteiger partial charge in [-0.2, -0.15) is 0 Å². The van der Waals surface area contributed by atoms with Crippen molar-refractivity contribution in [2.75, 3.05) is 11.9 Å². The Morgan fingerprint density at radius 2 is 2.19 bits per heavy atom. The van der Waals surface area contributed by atoms with Crippen molar-refractivity contribution < 1.29 is 23.8 Å². The molecule has 0 radical (unpaired) electrons. The lowest BCUT2D eigenvalue weighted by atomic mass is 10.0. The zero-order valence-electron chi connectivity index (χ0n) is 11.6. The van der Waals surface area contributed by atoms with E-state index >= 15 is 0 Å². The number of anilines is 1. The number of rotatable bonds is 5. The largest absolute Gasteiger partial charge is 0.478 e. The minimum atomic E-state index is -1.33. The van der Waals surface area contributed by atoms with Crippen LogP contribution in [-0.4, -0.2) is 29.7 Å². The van der Waals surface area contributed by atoms with Crippen molar-refractivity contribution in [3.63, 3.8) is 0 Å². The minimum absolute atomic E-state index is 0.121. The van der Waals surface area contributed by atoms with Crippen LogP contribution in [0.3, 0.4) is 0 Å². The summed E-state index contributed by atoms with van der Waals surface area (Å²) < 4.78 is 19.0. The minimum Gasteiger partial charge on any atom is -0.478 e. The number of nitrogens with one attached hydrogen (secondary N) is 1. The molecule has 6 heteroatoms. The highest BCUT2D eigenvalue weighted by Crippen LogP contribution is 2.18. The third kappa shape index (κ3) is 4.53. The number of carboxylic acid groups (broad SMARTS) is 1. The molecular weight excluding hydrogens is 277 g/mol. The number of benzene rings is 1. The van der Waals surface area contributed by atoms with Crippen molar-refractivity contribution >= 4 is 17.6 Å².